The number of hydrogen-bond donors (Lipinski definition) is 0. The highest BCUT2D eigenvalue weighted by molar-refractivity contribution is 5.77. The Morgan fingerprint density at radius 2 is 1.81 bits per heavy atom. The highest BCUT2D eigenvalue weighted by Gasteiger charge is 2.22. The van der Waals surface area contributed by atoms with Crippen LogP contribution in [0.5, 0.6) is 0 Å². The van der Waals surface area contributed by atoms with E-state index in [-0.39, 0.29) is 29.5 Å². The van der Waals surface area contributed by atoms with Crippen LogP contribution < -0.4 is 11.2 Å². The van der Waals surface area contributed by atoms with Crippen LogP contribution in [0.2, 0.25) is 0 Å². The fourth-order valence-electron chi connectivity index (χ4n) is 3.50. The van der Waals surface area contributed by atoms with Gasteiger partial charge in [-0.25, -0.2) is 9.78 Å². The van der Waals surface area contributed by atoms with Crippen LogP contribution in [0.1, 0.15) is 11.7 Å². The van der Waals surface area contributed by atoms with Crippen molar-refractivity contribution in [3.8, 4) is 22.7 Å². The Labute approximate surface area is 174 Å². The molecule has 0 N–H and O–H groups in total. The lowest BCUT2D eigenvalue weighted by molar-refractivity contribution is 0.399. The third-order valence-corrected chi connectivity index (χ3v) is 5.11. The molecule has 11 nitrogen and oxygen atoms in total. The minimum absolute atomic E-state index is 0.113. The lowest BCUT2D eigenvalue weighted by Gasteiger charge is -2.04. The molecular weight excluding hydrogens is 402 g/mol. The van der Waals surface area contributed by atoms with E-state index in [2.05, 4.69) is 20.3 Å². The summed E-state index contributed by atoms with van der Waals surface area (Å²) >= 11 is 0. The summed E-state index contributed by atoms with van der Waals surface area (Å²) in [6.07, 6.45) is 1.47. The molecule has 0 aliphatic carbocycles. The van der Waals surface area contributed by atoms with Gasteiger partial charge in [-0.15, -0.1) is 10.2 Å². The zero-order valence-electron chi connectivity index (χ0n) is 16.9. The number of imidazole rings is 1. The van der Waals surface area contributed by atoms with Crippen molar-refractivity contribution in [3.05, 3.63) is 69.1 Å². The molecule has 5 rings (SSSR count). The molecule has 0 fully saturated rings. The normalized spacial score (nSPS) is 11.5. The Morgan fingerprint density at radius 1 is 1.03 bits per heavy atom. The summed E-state index contributed by atoms with van der Waals surface area (Å²) in [5.41, 5.74) is 1.74. The van der Waals surface area contributed by atoms with Gasteiger partial charge in [0, 0.05) is 19.7 Å². The van der Waals surface area contributed by atoms with E-state index in [4.69, 9.17) is 8.94 Å². The highest BCUT2D eigenvalue weighted by Crippen LogP contribution is 2.33. The Balaban J connectivity index is 1.55. The number of fused-ring (bicyclic) bond motifs is 1. The monoisotopic (exact) mass is 419 g/mol. The van der Waals surface area contributed by atoms with E-state index < -0.39 is 11.2 Å². The Hall–Kier alpha value is -4.28. The summed E-state index contributed by atoms with van der Waals surface area (Å²) in [6.45, 7) is 1.88. The van der Waals surface area contributed by atoms with Gasteiger partial charge in [0.15, 0.2) is 11.2 Å². The Bertz CT molecular complexity index is 1540. The Kier molecular flexibility index (Phi) is 4.17. The van der Waals surface area contributed by atoms with Gasteiger partial charge in [-0.1, -0.05) is 35.5 Å². The second-order valence-electron chi connectivity index (χ2n) is 7.08. The predicted molar refractivity (Wildman–Crippen MR) is 109 cm³/mol. The third kappa shape index (κ3) is 2.89. The zero-order chi connectivity index (χ0) is 21.7. The van der Waals surface area contributed by atoms with Gasteiger partial charge >= 0.3 is 5.69 Å². The van der Waals surface area contributed by atoms with E-state index >= 15 is 0 Å². The van der Waals surface area contributed by atoms with Crippen molar-refractivity contribution < 1.29 is 8.94 Å². The molecule has 5 aromatic rings. The number of nitrogens with zero attached hydrogens (tertiary/aromatic N) is 7. The maximum absolute atomic E-state index is 12.6. The zero-order valence-corrected chi connectivity index (χ0v) is 16.9. The van der Waals surface area contributed by atoms with Gasteiger partial charge < -0.3 is 13.5 Å². The fraction of sp³-hybridized carbons (Fsp3) is 0.200. The molecule has 0 spiro atoms. The first-order valence-corrected chi connectivity index (χ1v) is 9.41. The molecule has 0 unspecified atom stereocenters. The molecular formula is C20H17N7O4. The number of aryl methyl sites for hydroxylation is 2. The molecule has 0 amide bonds. The number of aromatic nitrogens is 7. The maximum Gasteiger partial charge on any atom is 0.332 e. The molecule has 4 aromatic heterocycles. The number of rotatable bonds is 4. The second-order valence-corrected chi connectivity index (χ2v) is 7.08. The second kappa shape index (κ2) is 6.90. The molecule has 0 aliphatic heterocycles. The van der Waals surface area contributed by atoms with Crippen LogP contribution in [0.3, 0.4) is 0 Å². The van der Waals surface area contributed by atoms with E-state index in [1.54, 1.807) is 18.5 Å². The lowest BCUT2D eigenvalue weighted by Crippen LogP contribution is -2.37. The van der Waals surface area contributed by atoms with E-state index in [9.17, 15) is 9.59 Å². The number of hydrogen-bond acceptors (Lipinski definition) is 8. The largest absolute Gasteiger partial charge is 0.419 e. The summed E-state index contributed by atoms with van der Waals surface area (Å²) in [6, 6.07) is 9.54. The van der Waals surface area contributed by atoms with Gasteiger partial charge in [0.1, 0.15) is 23.6 Å². The fourth-order valence-corrected chi connectivity index (χ4v) is 3.50. The number of benzene rings is 1. The van der Waals surface area contributed by atoms with E-state index in [1.807, 2.05) is 30.3 Å². The van der Waals surface area contributed by atoms with Gasteiger partial charge in [0.2, 0.25) is 5.89 Å². The standard InChI is InChI=1S/C20H17N7O4/c1-11-14(15(24-31-11)12-7-5-4-6-8-12)18-23-22-13(30-18)9-27-10-21-17-16(27)19(28)26(3)20(29)25(17)2/h4-8,10H,9H2,1-3H3. The van der Waals surface area contributed by atoms with Gasteiger partial charge in [0.25, 0.3) is 11.4 Å². The summed E-state index contributed by atoms with van der Waals surface area (Å²) in [5, 5.41) is 12.4. The molecule has 0 bridgehead atoms. The van der Waals surface area contributed by atoms with Gasteiger partial charge in [-0.05, 0) is 6.92 Å². The molecule has 156 valence electrons. The van der Waals surface area contributed by atoms with Crippen molar-refractivity contribution in [2.75, 3.05) is 0 Å². The molecule has 31 heavy (non-hydrogen) atoms. The summed E-state index contributed by atoms with van der Waals surface area (Å²) in [7, 11) is 2.98. The average molecular weight is 419 g/mol. The quantitative estimate of drug-likeness (QED) is 0.429. The SMILES string of the molecule is Cc1onc(-c2ccccc2)c1-c1nnc(Cn2cnc3c2c(=O)n(C)c(=O)n3C)o1. The topological polar surface area (TPSA) is 127 Å². The van der Waals surface area contributed by atoms with Crippen LogP contribution in [0.25, 0.3) is 33.9 Å². The summed E-state index contributed by atoms with van der Waals surface area (Å²) in [5.74, 6) is 1.08. The van der Waals surface area contributed by atoms with Crippen LogP contribution >= 0.6 is 0 Å². The smallest absolute Gasteiger partial charge is 0.332 e. The molecule has 1 aromatic carbocycles. The van der Waals surface area contributed by atoms with Crippen LogP contribution in [-0.4, -0.2) is 34.0 Å². The maximum atomic E-state index is 12.6. The van der Waals surface area contributed by atoms with E-state index in [1.165, 1.54) is 17.9 Å². The van der Waals surface area contributed by atoms with Crippen molar-refractivity contribution in [2.45, 2.75) is 13.5 Å². The van der Waals surface area contributed by atoms with Crippen LogP contribution in [0, 0.1) is 6.92 Å². The van der Waals surface area contributed by atoms with Crippen LogP contribution in [0.4, 0.5) is 0 Å². The van der Waals surface area contributed by atoms with Crippen molar-refractivity contribution in [1.29, 1.82) is 0 Å². The predicted octanol–water partition coefficient (Wildman–Crippen LogP) is 1.50. The molecule has 0 radical (unpaired) electrons. The van der Waals surface area contributed by atoms with Gasteiger partial charge in [0.05, 0.1) is 6.33 Å². The van der Waals surface area contributed by atoms with Crippen molar-refractivity contribution in [1.82, 2.24) is 34.0 Å². The first-order chi connectivity index (χ1) is 15.0. The molecule has 0 saturated carbocycles. The summed E-state index contributed by atoms with van der Waals surface area (Å²) in [4.78, 5) is 28.9. The molecule has 0 saturated heterocycles. The molecule has 0 aliphatic rings. The van der Waals surface area contributed by atoms with E-state index in [0.29, 0.717) is 17.0 Å². The van der Waals surface area contributed by atoms with Gasteiger partial charge in [-0.3, -0.25) is 13.9 Å². The van der Waals surface area contributed by atoms with Crippen LogP contribution in [-0.2, 0) is 20.6 Å². The van der Waals surface area contributed by atoms with Crippen molar-refractivity contribution in [2.24, 2.45) is 14.1 Å². The molecule has 0 atom stereocenters. The lowest BCUT2D eigenvalue weighted by atomic mass is 10.1. The third-order valence-electron chi connectivity index (χ3n) is 5.11. The first-order valence-electron chi connectivity index (χ1n) is 9.41. The Morgan fingerprint density at radius 3 is 2.58 bits per heavy atom. The molecule has 11 heteroatoms. The molecule has 4 heterocycles. The minimum atomic E-state index is -0.448. The minimum Gasteiger partial charge on any atom is -0.419 e. The summed E-state index contributed by atoms with van der Waals surface area (Å²) < 4.78 is 15.2. The average Bonchev–Trinajstić information content (AvgIpc) is 3.50. The van der Waals surface area contributed by atoms with Crippen LogP contribution in [0.15, 0.2) is 55.2 Å². The van der Waals surface area contributed by atoms with Crippen molar-refractivity contribution >= 4 is 11.2 Å². The van der Waals surface area contributed by atoms with Crippen molar-refractivity contribution in [3.63, 3.8) is 0 Å². The van der Waals surface area contributed by atoms with E-state index in [0.717, 1.165) is 10.1 Å². The highest BCUT2D eigenvalue weighted by atomic mass is 16.5. The first kappa shape index (κ1) is 18.7. The van der Waals surface area contributed by atoms with Gasteiger partial charge in [-0.2, -0.15) is 0 Å².